The van der Waals surface area contributed by atoms with Gasteiger partial charge in [0.05, 0.1) is 4.92 Å². The Morgan fingerprint density at radius 2 is 2.16 bits per heavy atom. The van der Waals surface area contributed by atoms with Crippen LogP contribution >= 0.6 is 0 Å². The van der Waals surface area contributed by atoms with Gasteiger partial charge in [0.2, 0.25) is 11.8 Å². The zero-order valence-corrected chi connectivity index (χ0v) is 11.6. The van der Waals surface area contributed by atoms with Crippen molar-refractivity contribution < 1.29 is 4.92 Å². The second kappa shape index (κ2) is 7.50. The zero-order valence-electron chi connectivity index (χ0n) is 11.6. The van der Waals surface area contributed by atoms with Crippen LogP contribution in [0.15, 0.2) is 6.20 Å². The van der Waals surface area contributed by atoms with E-state index in [1.54, 1.807) is 7.05 Å². The molecule has 1 heterocycles. The molecule has 0 fully saturated rings. The number of nitro groups is 1. The second-order valence-electron chi connectivity index (χ2n) is 4.75. The molecule has 0 saturated carbocycles. The number of nitrogens with zero attached hydrogens (tertiary/aromatic N) is 3. The zero-order chi connectivity index (χ0) is 14.3. The van der Waals surface area contributed by atoms with Gasteiger partial charge >= 0.3 is 5.69 Å². The van der Waals surface area contributed by atoms with Crippen LogP contribution in [-0.2, 0) is 0 Å². The van der Waals surface area contributed by atoms with E-state index < -0.39 is 4.92 Å². The molecule has 19 heavy (non-hydrogen) atoms. The lowest BCUT2D eigenvalue weighted by Crippen LogP contribution is -2.09. The maximum Gasteiger partial charge on any atom is 0.329 e. The van der Waals surface area contributed by atoms with Crippen LogP contribution in [-0.4, -0.2) is 28.5 Å². The van der Waals surface area contributed by atoms with E-state index in [2.05, 4.69) is 34.4 Å². The van der Waals surface area contributed by atoms with Gasteiger partial charge < -0.3 is 10.6 Å². The molecule has 0 amide bonds. The van der Waals surface area contributed by atoms with Gasteiger partial charge in [-0.15, -0.1) is 0 Å². The van der Waals surface area contributed by atoms with Crippen LogP contribution in [0.25, 0.3) is 0 Å². The van der Waals surface area contributed by atoms with Gasteiger partial charge in [-0.3, -0.25) is 10.1 Å². The molecule has 0 aliphatic carbocycles. The highest BCUT2D eigenvalue weighted by Crippen LogP contribution is 2.21. The van der Waals surface area contributed by atoms with Crippen molar-refractivity contribution in [1.29, 1.82) is 0 Å². The summed E-state index contributed by atoms with van der Waals surface area (Å²) < 4.78 is 0. The Balaban J connectivity index is 2.57. The summed E-state index contributed by atoms with van der Waals surface area (Å²) in [6, 6.07) is 0. The summed E-state index contributed by atoms with van der Waals surface area (Å²) in [5.74, 6) is 1.33. The average Bonchev–Trinajstić information content (AvgIpc) is 2.37. The monoisotopic (exact) mass is 267 g/mol. The highest BCUT2D eigenvalue weighted by molar-refractivity contribution is 5.56. The molecule has 0 saturated heterocycles. The van der Waals surface area contributed by atoms with Crippen LogP contribution in [0, 0.1) is 16.0 Å². The van der Waals surface area contributed by atoms with E-state index in [9.17, 15) is 10.1 Å². The topological polar surface area (TPSA) is 93.0 Å². The summed E-state index contributed by atoms with van der Waals surface area (Å²) in [6.45, 7) is 5.04. The van der Waals surface area contributed by atoms with Crippen LogP contribution in [0.5, 0.6) is 0 Å². The van der Waals surface area contributed by atoms with Crippen molar-refractivity contribution in [1.82, 2.24) is 9.97 Å². The lowest BCUT2D eigenvalue weighted by Gasteiger charge is -2.08. The summed E-state index contributed by atoms with van der Waals surface area (Å²) in [6.07, 6.45) is 4.45. The van der Waals surface area contributed by atoms with E-state index in [1.165, 1.54) is 6.20 Å². The number of anilines is 2. The lowest BCUT2D eigenvalue weighted by molar-refractivity contribution is -0.384. The van der Waals surface area contributed by atoms with Gasteiger partial charge in [-0.25, -0.2) is 4.98 Å². The van der Waals surface area contributed by atoms with Crippen LogP contribution in [0.1, 0.15) is 33.1 Å². The first-order chi connectivity index (χ1) is 9.04. The summed E-state index contributed by atoms with van der Waals surface area (Å²) in [5, 5.41) is 16.6. The molecule has 7 heteroatoms. The summed E-state index contributed by atoms with van der Waals surface area (Å²) >= 11 is 0. The van der Waals surface area contributed by atoms with Crippen LogP contribution in [0.3, 0.4) is 0 Å². The van der Waals surface area contributed by atoms with Crippen molar-refractivity contribution >= 4 is 17.5 Å². The Labute approximate surface area is 113 Å². The third-order valence-electron chi connectivity index (χ3n) is 2.69. The molecular formula is C12H21N5O2. The maximum absolute atomic E-state index is 10.9. The van der Waals surface area contributed by atoms with Gasteiger partial charge in [-0.05, 0) is 12.3 Å². The quantitative estimate of drug-likeness (QED) is 0.427. The maximum atomic E-state index is 10.9. The molecule has 1 aromatic rings. The van der Waals surface area contributed by atoms with Crippen molar-refractivity contribution in [3.8, 4) is 0 Å². The number of rotatable bonds is 8. The minimum Gasteiger partial charge on any atom is -0.364 e. The van der Waals surface area contributed by atoms with Crippen molar-refractivity contribution in [3.05, 3.63) is 16.3 Å². The molecule has 0 spiro atoms. The molecule has 7 nitrogen and oxygen atoms in total. The molecule has 0 aromatic carbocycles. The van der Waals surface area contributed by atoms with E-state index in [0.29, 0.717) is 18.4 Å². The number of hydrogen-bond acceptors (Lipinski definition) is 6. The number of hydrogen-bond donors (Lipinski definition) is 2. The summed E-state index contributed by atoms with van der Waals surface area (Å²) in [7, 11) is 1.67. The van der Waals surface area contributed by atoms with Gasteiger partial charge in [0.25, 0.3) is 0 Å². The molecule has 0 aliphatic rings. The predicted molar refractivity (Wildman–Crippen MR) is 75.4 cm³/mol. The van der Waals surface area contributed by atoms with E-state index in [4.69, 9.17) is 0 Å². The third kappa shape index (κ3) is 5.07. The van der Waals surface area contributed by atoms with Crippen molar-refractivity contribution in [3.63, 3.8) is 0 Å². The van der Waals surface area contributed by atoms with Crippen LogP contribution in [0.4, 0.5) is 17.5 Å². The van der Waals surface area contributed by atoms with Gasteiger partial charge in [0.15, 0.2) is 0 Å². The largest absolute Gasteiger partial charge is 0.364 e. The highest BCUT2D eigenvalue weighted by Gasteiger charge is 2.16. The van der Waals surface area contributed by atoms with Crippen molar-refractivity contribution in [2.24, 2.45) is 5.92 Å². The molecule has 1 rings (SSSR count). The Morgan fingerprint density at radius 3 is 2.74 bits per heavy atom. The number of nitrogens with one attached hydrogen (secondary N) is 2. The van der Waals surface area contributed by atoms with Gasteiger partial charge in [0.1, 0.15) is 6.20 Å². The predicted octanol–water partition coefficient (Wildman–Crippen LogP) is 2.66. The average molecular weight is 267 g/mol. The molecule has 0 bridgehead atoms. The minimum atomic E-state index is -0.476. The van der Waals surface area contributed by atoms with Gasteiger partial charge in [0, 0.05) is 13.6 Å². The molecule has 1 aromatic heterocycles. The Kier molecular flexibility index (Phi) is 5.98. The molecule has 2 N–H and O–H groups in total. The fraction of sp³-hybridized carbons (Fsp3) is 0.667. The second-order valence-corrected chi connectivity index (χ2v) is 4.75. The summed E-state index contributed by atoms with van der Waals surface area (Å²) in [5.41, 5.74) is -0.0946. The Hall–Kier alpha value is -1.92. The molecule has 106 valence electrons. The number of aromatic nitrogens is 2. The molecule has 0 radical (unpaired) electrons. The van der Waals surface area contributed by atoms with E-state index in [1.807, 2.05) is 0 Å². The van der Waals surface area contributed by atoms with E-state index >= 15 is 0 Å². The molecular weight excluding hydrogens is 246 g/mol. The van der Waals surface area contributed by atoms with E-state index in [0.717, 1.165) is 19.3 Å². The van der Waals surface area contributed by atoms with Crippen molar-refractivity contribution in [2.45, 2.75) is 33.1 Å². The minimum absolute atomic E-state index is 0.0946. The highest BCUT2D eigenvalue weighted by atomic mass is 16.6. The smallest absolute Gasteiger partial charge is 0.329 e. The fourth-order valence-corrected chi connectivity index (χ4v) is 1.64. The normalized spacial score (nSPS) is 10.5. The molecule has 0 aliphatic heterocycles. The standard InChI is InChI=1S/C12H21N5O2/c1-9(2)6-4-5-7-14-11-10(17(18)19)8-15-12(13-3)16-11/h8-9H,4-7H2,1-3H3,(H2,13,14,15,16). The third-order valence-corrected chi connectivity index (χ3v) is 2.69. The fourth-order valence-electron chi connectivity index (χ4n) is 1.64. The first-order valence-electron chi connectivity index (χ1n) is 6.47. The van der Waals surface area contributed by atoms with E-state index in [-0.39, 0.29) is 11.5 Å². The van der Waals surface area contributed by atoms with Crippen LogP contribution in [0.2, 0.25) is 0 Å². The number of unbranched alkanes of at least 4 members (excludes halogenated alkanes) is 1. The van der Waals surface area contributed by atoms with Crippen molar-refractivity contribution in [2.75, 3.05) is 24.2 Å². The first-order valence-corrected chi connectivity index (χ1v) is 6.47. The first kappa shape index (κ1) is 15.1. The van der Waals surface area contributed by atoms with Gasteiger partial charge in [-0.1, -0.05) is 26.7 Å². The SMILES string of the molecule is CNc1ncc([N+](=O)[O-])c(NCCCCC(C)C)n1. The van der Waals surface area contributed by atoms with Gasteiger partial charge in [-0.2, -0.15) is 4.98 Å². The Morgan fingerprint density at radius 1 is 1.42 bits per heavy atom. The molecule has 0 atom stereocenters. The summed E-state index contributed by atoms with van der Waals surface area (Å²) in [4.78, 5) is 18.3. The lowest BCUT2D eigenvalue weighted by atomic mass is 10.1. The Bertz CT molecular complexity index is 423. The van der Waals surface area contributed by atoms with Crippen LogP contribution < -0.4 is 10.6 Å². The molecule has 0 unspecified atom stereocenters.